The average molecular weight is 368 g/mol. The Morgan fingerprint density at radius 1 is 1.10 bits per heavy atom. The van der Waals surface area contributed by atoms with Crippen LogP contribution in [-0.2, 0) is 10.0 Å². The average Bonchev–Trinajstić information content (AvgIpc) is 2.44. The van der Waals surface area contributed by atoms with Crippen LogP contribution in [0.5, 0.6) is 0 Å². The Balaban J connectivity index is 2.10. The summed E-state index contributed by atoms with van der Waals surface area (Å²) in [6.45, 7) is 0.524. The van der Waals surface area contributed by atoms with Crippen LogP contribution in [0.25, 0.3) is 10.8 Å². The summed E-state index contributed by atoms with van der Waals surface area (Å²) in [5.41, 5.74) is 0. The third-order valence-corrected chi connectivity index (χ3v) is 6.49. The van der Waals surface area contributed by atoms with E-state index in [0.29, 0.717) is 16.8 Å². The molecule has 0 atom stereocenters. The molecule has 3 rings (SSSR count). The van der Waals surface area contributed by atoms with Gasteiger partial charge in [-0.15, -0.1) is 0 Å². The molecule has 0 unspecified atom stereocenters. The molecule has 1 aliphatic rings. The lowest BCUT2D eigenvalue weighted by Crippen LogP contribution is -2.45. The molecule has 0 aromatic heterocycles. The molecule has 1 aliphatic carbocycles. The van der Waals surface area contributed by atoms with Crippen LogP contribution in [0.1, 0.15) is 19.3 Å². The predicted octanol–water partition coefficient (Wildman–Crippen LogP) is 3.78. The maximum absolute atomic E-state index is 13.1. The monoisotopic (exact) mass is 367 g/mol. The number of alkyl halides is 1. The highest BCUT2D eigenvalue weighted by Gasteiger charge is 2.35. The zero-order valence-electron chi connectivity index (χ0n) is 11.7. The van der Waals surface area contributed by atoms with Crippen LogP contribution in [0, 0.1) is 0 Å². The third-order valence-electron chi connectivity index (χ3n) is 4.12. The second-order valence-electron chi connectivity index (χ2n) is 5.37. The van der Waals surface area contributed by atoms with Gasteiger partial charge in [0.2, 0.25) is 10.0 Å². The predicted molar refractivity (Wildman–Crippen MR) is 89.3 cm³/mol. The Morgan fingerprint density at radius 2 is 1.81 bits per heavy atom. The summed E-state index contributed by atoms with van der Waals surface area (Å²) in [7, 11) is -3.45. The Morgan fingerprint density at radius 3 is 2.48 bits per heavy atom. The van der Waals surface area contributed by atoms with Gasteiger partial charge in [-0.25, -0.2) is 8.42 Å². The second-order valence-corrected chi connectivity index (χ2v) is 8.02. The summed E-state index contributed by atoms with van der Waals surface area (Å²) < 4.78 is 27.8. The highest BCUT2D eigenvalue weighted by molar-refractivity contribution is 9.09. The quantitative estimate of drug-likeness (QED) is 0.754. The molecule has 2 aromatic rings. The van der Waals surface area contributed by atoms with E-state index in [1.165, 1.54) is 0 Å². The molecule has 0 N–H and O–H groups in total. The third kappa shape index (κ3) is 2.74. The van der Waals surface area contributed by atoms with Gasteiger partial charge in [0.1, 0.15) is 0 Å². The number of benzene rings is 2. The molecular formula is C16H18BrNO2S. The number of rotatable bonds is 5. The number of halogens is 1. The summed E-state index contributed by atoms with van der Waals surface area (Å²) in [5.74, 6) is 0. The summed E-state index contributed by atoms with van der Waals surface area (Å²) >= 11 is 3.38. The molecule has 0 spiro atoms. The smallest absolute Gasteiger partial charge is 0.207 e. The molecule has 0 bridgehead atoms. The Kier molecular flexibility index (Phi) is 4.33. The van der Waals surface area contributed by atoms with Crippen LogP contribution in [0.2, 0.25) is 0 Å². The zero-order valence-corrected chi connectivity index (χ0v) is 14.1. The molecule has 5 heteroatoms. The molecule has 0 radical (unpaired) electrons. The fraction of sp³-hybridized carbons (Fsp3) is 0.375. The lowest BCUT2D eigenvalue weighted by atomic mass is 9.93. The molecule has 0 saturated heterocycles. The zero-order chi connectivity index (χ0) is 14.9. The maximum Gasteiger partial charge on any atom is 0.243 e. The molecule has 1 saturated carbocycles. The van der Waals surface area contributed by atoms with E-state index in [2.05, 4.69) is 15.9 Å². The summed E-state index contributed by atoms with van der Waals surface area (Å²) in [4.78, 5) is 0.424. The molecule has 112 valence electrons. The first-order chi connectivity index (χ1) is 10.1. The fourth-order valence-corrected chi connectivity index (χ4v) is 5.32. The number of fused-ring (bicyclic) bond motifs is 1. The highest BCUT2D eigenvalue weighted by atomic mass is 79.9. The van der Waals surface area contributed by atoms with Gasteiger partial charge in [-0.2, -0.15) is 4.31 Å². The Labute approximate surface area is 134 Å². The van der Waals surface area contributed by atoms with E-state index in [4.69, 9.17) is 0 Å². The molecule has 0 amide bonds. The van der Waals surface area contributed by atoms with Gasteiger partial charge < -0.3 is 0 Å². The number of sulfonamides is 1. The summed E-state index contributed by atoms with van der Waals surface area (Å²) in [5, 5.41) is 2.43. The van der Waals surface area contributed by atoms with Crippen molar-refractivity contribution < 1.29 is 8.42 Å². The van der Waals surface area contributed by atoms with Gasteiger partial charge in [0.15, 0.2) is 0 Å². The van der Waals surface area contributed by atoms with Crippen molar-refractivity contribution in [2.45, 2.75) is 30.2 Å². The van der Waals surface area contributed by atoms with Gasteiger partial charge in [0.05, 0.1) is 4.90 Å². The van der Waals surface area contributed by atoms with Gasteiger partial charge in [-0.3, -0.25) is 0 Å². The standard InChI is InChI=1S/C16H18BrNO2S/c17-11-12-18(14-7-4-8-14)21(19,20)16-10-3-6-13-5-1-2-9-15(13)16/h1-3,5-6,9-10,14H,4,7-8,11-12H2. The maximum atomic E-state index is 13.1. The topological polar surface area (TPSA) is 37.4 Å². The van der Waals surface area contributed by atoms with Gasteiger partial charge in [0.25, 0.3) is 0 Å². The van der Waals surface area contributed by atoms with Crippen molar-refractivity contribution in [1.29, 1.82) is 0 Å². The van der Waals surface area contributed by atoms with Crippen LogP contribution < -0.4 is 0 Å². The first-order valence-corrected chi connectivity index (χ1v) is 9.76. The molecule has 2 aromatic carbocycles. The SMILES string of the molecule is O=S(=O)(c1cccc2ccccc12)N(CCBr)C1CCC1. The van der Waals surface area contributed by atoms with Crippen molar-refractivity contribution in [1.82, 2.24) is 4.31 Å². The van der Waals surface area contributed by atoms with Gasteiger partial charge >= 0.3 is 0 Å². The van der Waals surface area contributed by atoms with E-state index in [1.807, 2.05) is 36.4 Å². The Bertz CT molecular complexity index is 736. The van der Waals surface area contributed by atoms with E-state index >= 15 is 0 Å². The molecular weight excluding hydrogens is 350 g/mol. The van der Waals surface area contributed by atoms with Gasteiger partial charge in [-0.1, -0.05) is 58.7 Å². The first kappa shape index (κ1) is 15.0. The minimum absolute atomic E-state index is 0.159. The molecule has 0 aliphatic heterocycles. The number of hydrogen-bond acceptors (Lipinski definition) is 2. The molecule has 0 heterocycles. The largest absolute Gasteiger partial charge is 0.243 e. The van der Waals surface area contributed by atoms with Gasteiger partial charge in [0, 0.05) is 23.3 Å². The number of nitrogens with zero attached hydrogens (tertiary/aromatic N) is 1. The Hall–Kier alpha value is -0.910. The van der Waals surface area contributed by atoms with E-state index in [9.17, 15) is 8.42 Å². The molecule has 3 nitrogen and oxygen atoms in total. The van der Waals surface area contributed by atoms with Crippen molar-refractivity contribution >= 4 is 36.7 Å². The highest BCUT2D eigenvalue weighted by Crippen LogP contribution is 2.32. The van der Waals surface area contributed by atoms with Crippen molar-refractivity contribution in [3.8, 4) is 0 Å². The van der Waals surface area contributed by atoms with Crippen LogP contribution in [0.15, 0.2) is 47.4 Å². The first-order valence-electron chi connectivity index (χ1n) is 7.20. The van der Waals surface area contributed by atoms with E-state index in [1.54, 1.807) is 10.4 Å². The van der Waals surface area contributed by atoms with Crippen LogP contribution in [0.4, 0.5) is 0 Å². The summed E-state index contributed by atoms with van der Waals surface area (Å²) in [6.07, 6.45) is 3.06. The molecule has 1 fully saturated rings. The van der Waals surface area contributed by atoms with Crippen LogP contribution >= 0.6 is 15.9 Å². The minimum Gasteiger partial charge on any atom is -0.207 e. The van der Waals surface area contributed by atoms with Crippen molar-refractivity contribution in [3.05, 3.63) is 42.5 Å². The second kappa shape index (κ2) is 6.07. The lowest BCUT2D eigenvalue weighted by molar-refractivity contribution is 0.228. The van der Waals surface area contributed by atoms with Crippen LogP contribution in [0.3, 0.4) is 0 Å². The van der Waals surface area contributed by atoms with E-state index < -0.39 is 10.0 Å². The lowest BCUT2D eigenvalue weighted by Gasteiger charge is -2.36. The number of hydrogen-bond donors (Lipinski definition) is 0. The fourth-order valence-electron chi connectivity index (χ4n) is 2.80. The van der Waals surface area contributed by atoms with Gasteiger partial charge in [-0.05, 0) is 24.3 Å². The van der Waals surface area contributed by atoms with Crippen LogP contribution in [-0.4, -0.2) is 30.6 Å². The van der Waals surface area contributed by atoms with E-state index in [0.717, 1.165) is 30.0 Å². The van der Waals surface area contributed by atoms with Crippen molar-refractivity contribution in [2.24, 2.45) is 0 Å². The van der Waals surface area contributed by atoms with Crippen molar-refractivity contribution in [2.75, 3.05) is 11.9 Å². The summed E-state index contributed by atoms with van der Waals surface area (Å²) in [6, 6.07) is 13.3. The normalized spacial score (nSPS) is 16.3. The molecule has 21 heavy (non-hydrogen) atoms. The van der Waals surface area contributed by atoms with Crippen molar-refractivity contribution in [3.63, 3.8) is 0 Å². The minimum atomic E-state index is -3.45. The van der Waals surface area contributed by atoms with E-state index in [-0.39, 0.29) is 6.04 Å².